The molecule has 0 saturated heterocycles. The number of amides is 1. The van der Waals surface area contributed by atoms with Crippen molar-refractivity contribution in [2.45, 2.75) is 13.8 Å². The van der Waals surface area contributed by atoms with E-state index in [1.54, 1.807) is 18.3 Å². The molecule has 0 atom stereocenters. The van der Waals surface area contributed by atoms with Crippen molar-refractivity contribution in [3.05, 3.63) is 23.9 Å². The van der Waals surface area contributed by atoms with Crippen LogP contribution in [0.3, 0.4) is 0 Å². The van der Waals surface area contributed by atoms with E-state index in [2.05, 4.69) is 10.3 Å². The largest absolute Gasteiger partial charge is 0.389 e. The number of hydrogen-bond donors (Lipinski definition) is 2. The lowest BCUT2D eigenvalue weighted by molar-refractivity contribution is -0.119. The molecule has 6 heteroatoms. The normalized spacial score (nSPS) is 9.89. The van der Waals surface area contributed by atoms with Crippen molar-refractivity contribution in [1.82, 2.24) is 10.3 Å². The van der Waals surface area contributed by atoms with Gasteiger partial charge in [0, 0.05) is 24.8 Å². The Morgan fingerprint density at radius 1 is 1.56 bits per heavy atom. The molecule has 98 valence electrons. The van der Waals surface area contributed by atoms with Crippen LogP contribution in [-0.2, 0) is 4.79 Å². The maximum absolute atomic E-state index is 11.6. The number of rotatable bonds is 6. The van der Waals surface area contributed by atoms with Crippen LogP contribution < -0.4 is 16.0 Å². The first-order valence-corrected chi connectivity index (χ1v) is 6.26. The lowest BCUT2D eigenvalue weighted by Gasteiger charge is -2.21. The standard InChI is InChI=1S/C12H18N4OS/c1-3-14-11(17)8-16(4-2)10-7-9(12(13)18)5-6-15-10/h5-7H,3-4,8H2,1-2H3,(H2,13,18)(H,14,17). The Hall–Kier alpha value is -1.69. The molecule has 0 aliphatic rings. The van der Waals surface area contributed by atoms with Gasteiger partial charge in [0.15, 0.2) is 0 Å². The topological polar surface area (TPSA) is 71.2 Å². The number of nitrogens with zero attached hydrogens (tertiary/aromatic N) is 2. The second-order valence-corrected chi connectivity index (χ2v) is 4.17. The SMILES string of the molecule is CCNC(=O)CN(CC)c1cc(C(N)=S)ccn1. The van der Waals surface area contributed by atoms with Gasteiger partial charge in [-0.2, -0.15) is 0 Å². The van der Waals surface area contributed by atoms with Crippen LogP contribution in [0, 0.1) is 0 Å². The summed E-state index contributed by atoms with van der Waals surface area (Å²) in [6.07, 6.45) is 1.64. The molecule has 18 heavy (non-hydrogen) atoms. The molecular formula is C12H18N4OS. The Morgan fingerprint density at radius 3 is 2.83 bits per heavy atom. The fraction of sp³-hybridized carbons (Fsp3) is 0.417. The van der Waals surface area contributed by atoms with Crippen LogP contribution in [-0.4, -0.2) is 35.5 Å². The number of thiocarbonyl (C=S) groups is 1. The molecule has 1 rings (SSSR count). The van der Waals surface area contributed by atoms with Crippen LogP contribution >= 0.6 is 12.2 Å². The summed E-state index contributed by atoms with van der Waals surface area (Å²) in [7, 11) is 0. The van der Waals surface area contributed by atoms with Crippen LogP contribution in [0.5, 0.6) is 0 Å². The van der Waals surface area contributed by atoms with E-state index < -0.39 is 0 Å². The third-order valence-electron chi connectivity index (χ3n) is 2.44. The zero-order chi connectivity index (χ0) is 13.5. The van der Waals surface area contributed by atoms with E-state index in [4.69, 9.17) is 18.0 Å². The van der Waals surface area contributed by atoms with Crippen LogP contribution in [0.25, 0.3) is 0 Å². The molecule has 0 saturated carbocycles. The highest BCUT2D eigenvalue weighted by molar-refractivity contribution is 7.80. The first-order valence-electron chi connectivity index (χ1n) is 5.86. The number of hydrogen-bond acceptors (Lipinski definition) is 4. The quantitative estimate of drug-likeness (QED) is 0.741. The Balaban J connectivity index is 2.84. The molecule has 3 N–H and O–H groups in total. The number of carbonyl (C=O) groups is 1. The van der Waals surface area contributed by atoms with Gasteiger partial charge in [0.1, 0.15) is 10.8 Å². The first-order chi connectivity index (χ1) is 8.58. The summed E-state index contributed by atoms with van der Waals surface area (Å²) in [4.78, 5) is 18.0. The second-order valence-electron chi connectivity index (χ2n) is 3.73. The summed E-state index contributed by atoms with van der Waals surface area (Å²) in [5, 5.41) is 2.76. The molecule has 5 nitrogen and oxygen atoms in total. The van der Waals surface area contributed by atoms with E-state index in [1.165, 1.54) is 0 Å². The van der Waals surface area contributed by atoms with Crippen molar-refractivity contribution in [1.29, 1.82) is 0 Å². The second kappa shape index (κ2) is 6.90. The lowest BCUT2D eigenvalue weighted by Crippen LogP contribution is -2.37. The summed E-state index contributed by atoms with van der Waals surface area (Å²) in [5.41, 5.74) is 6.33. The number of anilines is 1. The van der Waals surface area contributed by atoms with Crippen LogP contribution in [0.1, 0.15) is 19.4 Å². The number of pyridine rings is 1. The molecule has 0 aromatic carbocycles. The summed E-state index contributed by atoms with van der Waals surface area (Å²) in [6, 6.07) is 3.55. The van der Waals surface area contributed by atoms with E-state index in [0.717, 1.165) is 5.56 Å². The number of aromatic nitrogens is 1. The van der Waals surface area contributed by atoms with Crippen molar-refractivity contribution < 1.29 is 4.79 Å². The van der Waals surface area contributed by atoms with Gasteiger partial charge in [-0.25, -0.2) is 4.98 Å². The van der Waals surface area contributed by atoms with Gasteiger partial charge in [-0.1, -0.05) is 12.2 Å². The Bertz CT molecular complexity index is 436. The third kappa shape index (κ3) is 3.96. The van der Waals surface area contributed by atoms with Gasteiger partial charge in [0.25, 0.3) is 0 Å². The molecule has 1 aromatic rings. The van der Waals surface area contributed by atoms with Gasteiger partial charge in [0.2, 0.25) is 5.91 Å². The Morgan fingerprint density at radius 2 is 2.28 bits per heavy atom. The molecule has 0 aliphatic carbocycles. The molecule has 1 amide bonds. The van der Waals surface area contributed by atoms with Gasteiger partial charge >= 0.3 is 0 Å². The number of carbonyl (C=O) groups excluding carboxylic acids is 1. The minimum atomic E-state index is -0.0260. The maximum atomic E-state index is 11.6. The number of nitrogens with one attached hydrogen (secondary N) is 1. The van der Waals surface area contributed by atoms with E-state index in [1.807, 2.05) is 18.7 Å². The third-order valence-corrected chi connectivity index (χ3v) is 2.68. The predicted molar refractivity (Wildman–Crippen MR) is 76.7 cm³/mol. The highest BCUT2D eigenvalue weighted by Crippen LogP contribution is 2.12. The van der Waals surface area contributed by atoms with Gasteiger partial charge < -0.3 is 16.0 Å². The van der Waals surface area contributed by atoms with Crippen molar-refractivity contribution in [2.24, 2.45) is 5.73 Å². The molecule has 0 bridgehead atoms. The molecule has 0 unspecified atom stereocenters. The average molecular weight is 266 g/mol. The molecule has 0 radical (unpaired) electrons. The highest BCUT2D eigenvalue weighted by atomic mass is 32.1. The minimum Gasteiger partial charge on any atom is -0.389 e. The van der Waals surface area contributed by atoms with Crippen molar-refractivity contribution in [2.75, 3.05) is 24.5 Å². The predicted octanol–water partition coefficient (Wildman–Crippen LogP) is 0.678. The summed E-state index contributed by atoms with van der Waals surface area (Å²) in [6.45, 7) is 5.44. The smallest absolute Gasteiger partial charge is 0.239 e. The number of nitrogens with two attached hydrogens (primary N) is 1. The van der Waals surface area contributed by atoms with E-state index in [-0.39, 0.29) is 12.5 Å². The minimum absolute atomic E-state index is 0.0260. The lowest BCUT2D eigenvalue weighted by atomic mass is 10.2. The van der Waals surface area contributed by atoms with Gasteiger partial charge in [-0.3, -0.25) is 4.79 Å². The molecule has 0 aliphatic heterocycles. The molecule has 0 fully saturated rings. The molecule has 0 spiro atoms. The van der Waals surface area contributed by atoms with Crippen molar-refractivity contribution in [3.63, 3.8) is 0 Å². The summed E-state index contributed by atoms with van der Waals surface area (Å²) < 4.78 is 0. The van der Waals surface area contributed by atoms with Crippen LogP contribution in [0.4, 0.5) is 5.82 Å². The Kier molecular flexibility index (Phi) is 5.51. The molecule has 1 heterocycles. The zero-order valence-corrected chi connectivity index (χ0v) is 11.5. The van der Waals surface area contributed by atoms with Crippen LogP contribution in [0.15, 0.2) is 18.3 Å². The summed E-state index contributed by atoms with van der Waals surface area (Å²) >= 11 is 4.93. The van der Waals surface area contributed by atoms with Gasteiger partial charge in [-0.15, -0.1) is 0 Å². The maximum Gasteiger partial charge on any atom is 0.239 e. The van der Waals surface area contributed by atoms with E-state index in [9.17, 15) is 4.79 Å². The summed E-state index contributed by atoms with van der Waals surface area (Å²) in [5.74, 6) is 0.677. The van der Waals surface area contributed by atoms with E-state index in [0.29, 0.717) is 23.9 Å². The van der Waals surface area contributed by atoms with Gasteiger partial charge in [0.05, 0.1) is 6.54 Å². The fourth-order valence-corrected chi connectivity index (χ4v) is 1.65. The van der Waals surface area contributed by atoms with Crippen molar-refractivity contribution in [3.8, 4) is 0 Å². The first kappa shape index (κ1) is 14.4. The zero-order valence-electron chi connectivity index (χ0n) is 10.6. The average Bonchev–Trinajstić information content (AvgIpc) is 2.36. The highest BCUT2D eigenvalue weighted by Gasteiger charge is 2.11. The van der Waals surface area contributed by atoms with Gasteiger partial charge in [-0.05, 0) is 26.0 Å². The van der Waals surface area contributed by atoms with Crippen LogP contribution in [0.2, 0.25) is 0 Å². The number of likely N-dealkylation sites (N-methyl/N-ethyl adjacent to an activating group) is 2. The fourth-order valence-electron chi connectivity index (χ4n) is 1.53. The van der Waals surface area contributed by atoms with E-state index >= 15 is 0 Å². The monoisotopic (exact) mass is 266 g/mol. The molecule has 1 aromatic heterocycles. The molecular weight excluding hydrogens is 248 g/mol. The van der Waals surface area contributed by atoms with Crippen molar-refractivity contribution >= 4 is 28.9 Å². The Labute approximate surface area is 112 Å².